The Morgan fingerprint density at radius 3 is 2.50 bits per heavy atom. The van der Waals surface area contributed by atoms with Gasteiger partial charge in [0.1, 0.15) is 5.41 Å². The van der Waals surface area contributed by atoms with E-state index in [4.69, 9.17) is 0 Å². The summed E-state index contributed by atoms with van der Waals surface area (Å²) < 4.78 is 3.56. The molecule has 1 radical (unpaired) electrons. The van der Waals surface area contributed by atoms with Crippen molar-refractivity contribution in [3.63, 3.8) is 0 Å². The Hall–Kier alpha value is -0.640. The summed E-state index contributed by atoms with van der Waals surface area (Å²) in [5.41, 5.74) is 5.03. The molecule has 0 unspecified atom stereocenters. The van der Waals surface area contributed by atoms with Gasteiger partial charge in [-0.25, -0.2) is 0 Å². The van der Waals surface area contributed by atoms with Gasteiger partial charge in [0.2, 0.25) is 0 Å². The first-order valence-electron chi connectivity index (χ1n) is 1.36. The van der Waals surface area contributed by atoms with Gasteiger partial charge in [0, 0.05) is 17.7 Å². The summed E-state index contributed by atoms with van der Waals surface area (Å²) in [6, 6.07) is 0. The van der Waals surface area contributed by atoms with Crippen LogP contribution in [0.3, 0.4) is 0 Å². The summed E-state index contributed by atoms with van der Waals surface area (Å²) >= 11 is 1.19. The van der Waals surface area contributed by atoms with E-state index in [-0.39, 0.29) is 0 Å². The maximum Gasteiger partial charge on any atom is 0.106 e. The normalized spacial score (nSPS) is 13.3. The molecule has 0 saturated carbocycles. The Morgan fingerprint density at radius 2 is 2.33 bits per heavy atom. The van der Waals surface area contributed by atoms with Crippen LogP contribution in [0.2, 0.25) is 0 Å². The van der Waals surface area contributed by atoms with Crippen LogP contribution < -0.4 is 0 Å². The topological polar surface area (TPSA) is 12.4 Å². The van der Waals surface area contributed by atoms with Crippen LogP contribution in [0.15, 0.2) is 15.9 Å². The molecule has 0 aliphatic carbocycles. The predicted molar refractivity (Wildman–Crippen MR) is 25.3 cm³/mol. The molecule has 6 heavy (non-hydrogen) atoms. The SMILES string of the molecule is [C]1=C=C=C=NS1. The van der Waals surface area contributed by atoms with E-state index in [0.29, 0.717) is 0 Å². The highest BCUT2D eigenvalue weighted by Crippen LogP contribution is 1.98. The number of nitrogens with zero attached hydrogens (tertiary/aromatic N) is 1. The second-order valence-electron chi connectivity index (χ2n) is 0.646. The van der Waals surface area contributed by atoms with Gasteiger partial charge >= 0.3 is 0 Å². The van der Waals surface area contributed by atoms with Crippen molar-refractivity contribution < 1.29 is 0 Å². The van der Waals surface area contributed by atoms with E-state index in [1.807, 2.05) is 0 Å². The van der Waals surface area contributed by atoms with Crippen molar-refractivity contribution in [2.24, 2.45) is 4.40 Å². The molecule has 0 saturated heterocycles. The maximum atomic E-state index is 3.56. The first-order valence-corrected chi connectivity index (χ1v) is 2.13. The Morgan fingerprint density at radius 1 is 1.33 bits per heavy atom. The largest absolute Gasteiger partial charge is 0.158 e. The van der Waals surface area contributed by atoms with E-state index in [1.54, 1.807) is 0 Å². The Kier molecular flexibility index (Phi) is 1.01. The molecule has 1 aliphatic rings. The first kappa shape index (κ1) is 3.55. The van der Waals surface area contributed by atoms with Crippen LogP contribution in [0.5, 0.6) is 0 Å². The fraction of sp³-hybridized carbons (Fsp3) is 0. The third kappa shape index (κ3) is 0.651. The second-order valence-corrected chi connectivity index (χ2v) is 1.22. The molecule has 0 fully saturated rings. The van der Waals surface area contributed by atoms with Crippen LogP contribution in [0, 0.1) is 5.41 Å². The fourth-order valence-corrected chi connectivity index (χ4v) is 0.378. The molecule has 1 rings (SSSR count). The highest BCUT2D eigenvalue weighted by Gasteiger charge is 1.68. The minimum atomic E-state index is 1.19. The van der Waals surface area contributed by atoms with E-state index in [0.717, 1.165) is 0 Å². The van der Waals surface area contributed by atoms with Crippen LogP contribution in [-0.4, -0.2) is 5.87 Å². The van der Waals surface area contributed by atoms with Gasteiger partial charge in [0.25, 0.3) is 0 Å². The summed E-state index contributed by atoms with van der Waals surface area (Å²) in [4.78, 5) is 0. The first-order chi connectivity index (χ1) is 3.00. The van der Waals surface area contributed by atoms with Gasteiger partial charge in [-0.3, -0.25) is 0 Å². The molecule has 0 atom stereocenters. The summed E-state index contributed by atoms with van der Waals surface area (Å²) in [6.45, 7) is 0. The van der Waals surface area contributed by atoms with E-state index < -0.39 is 0 Å². The van der Waals surface area contributed by atoms with E-state index in [9.17, 15) is 0 Å². The van der Waals surface area contributed by atoms with Gasteiger partial charge in [-0.2, -0.15) is 4.40 Å². The third-order valence-corrected chi connectivity index (χ3v) is 0.682. The molecule has 0 aromatic rings. The maximum absolute atomic E-state index is 3.56. The van der Waals surface area contributed by atoms with Gasteiger partial charge in [0.05, 0.1) is 5.87 Å². The standard InChI is InChI=1S/C4NS/c1-2-4-6-5-3-1. The molecule has 0 aromatic heterocycles. The Labute approximate surface area is 39.9 Å². The lowest BCUT2D eigenvalue weighted by atomic mass is 10.8. The number of rotatable bonds is 0. The van der Waals surface area contributed by atoms with E-state index in [1.165, 1.54) is 11.9 Å². The minimum Gasteiger partial charge on any atom is -0.158 e. The molecule has 0 aromatic carbocycles. The molecule has 1 heterocycles. The molecule has 0 spiro atoms. The Balaban J connectivity index is 3.22. The van der Waals surface area contributed by atoms with E-state index in [2.05, 4.69) is 27.1 Å². The van der Waals surface area contributed by atoms with Crippen LogP contribution in [0.25, 0.3) is 0 Å². The zero-order chi connectivity index (χ0) is 4.24. The van der Waals surface area contributed by atoms with Gasteiger partial charge < -0.3 is 0 Å². The van der Waals surface area contributed by atoms with Gasteiger partial charge in [-0.05, 0) is 5.73 Å². The molecular formula is C4NS. The highest BCUT2D eigenvalue weighted by atomic mass is 32.2. The molecular weight excluding hydrogens is 94.1 g/mol. The van der Waals surface area contributed by atoms with Crippen LogP contribution in [0.1, 0.15) is 0 Å². The van der Waals surface area contributed by atoms with E-state index >= 15 is 0 Å². The van der Waals surface area contributed by atoms with Crippen LogP contribution >= 0.6 is 11.9 Å². The lowest BCUT2D eigenvalue weighted by Gasteiger charge is -1.67. The average molecular weight is 94.1 g/mol. The predicted octanol–water partition coefficient (Wildman–Crippen LogP) is 0.945. The molecule has 1 nitrogen and oxygen atoms in total. The molecule has 0 N–H and O–H groups in total. The van der Waals surface area contributed by atoms with Gasteiger partial charge in [-0.1, -0.05) is 0 Å². The second kappa shape index (κ2) is 1.71. The lowest BCUT2D eigenvalue weighted by Crippen LogP contribution is -1.47. The van der Waals surface area contributed by atoms with Crippen LogP contribution in [-0.2, 0) is 0 Å². The summed E-state index contributed by atoms with van der Waals surface area (Å²) in [5, 5.41) is 2.61. The summed E-state index contributed by atoms with van der Waals surface area (Å²) in [7, 11) is 0. The van der Waals surface area contributed by atoms with Crippen molar-refractivity contribution in [3.8, 4) is 0 Å². The Bertz CT molecular complexity index is 148. The molecule has 2 heteroatoms. The fourth-order valence-electron chi connectivity index (χ4n) is 0.145. The smallest absolute Gasteiger partial charge is 0.106 e. The van der Waals surface area contributed by atoms with Gasteiger partial charge in [-0.15, -0.1) is 0 Å². The van der Waals surface area contributed by atoms with Gasteiger partial charge in [0.15, 0.2) is 0 Å². The van der Waals surface area contributed by atoms with Crippen molar-refractivity contribution in [3.05, 3.63) is 16.9 Å². The molecule has 27 valence electrons. The zero-order valence-corrected chi connectivity index (χ0v) is 3.67. The van der Waals surface area contributed by atoms with Crippen molar-refractivity contribution in [1.82, 2.24) is 0 Å². The van der Waals surface area contributed by atoms with Crippen molar-refractivity contribution >= 4 is 17.8 Å². The number of hydrogen-bond donors (Lipinski definition) is 0. The summed E-state index contributed by atoms with van der Waals surface area (Å²) in [6.07, 6.45) is 0. The highest BCUT2D eigenvalue weighted by molar-refractivity contribution is 7.99. The van der Waals surface area contributed by atoms with Crippen molar-refractivity contribution in [2.45, 2.75) is 0 Å². The summed E-state index contributed by atoms with van der Waals surface area (Å²) in [5.74, 6) is 2.45. The molecule has 0 amide bonds. The monoisotopic (exact) mass is 94.0 g/mol. The molecule has 0 bridgehead atoms. The zero-order valence-electron chi connectivity index (χ0n) is 2.86. The number of hydrogen-bond acceptors (Lipinski definition) is 2. The molecule has 1 aliphatic heterocycles. The quantitative estimate of drug-likeness (QED) is 0.321. The van der Waals surface area contributed by atoms with Crippen molar-refractivity contribution in [1.29, 1.82) is 0 Å². The van der Waals surface area contributed by atoms with Crippen molar-refractivity contribution in [2.75, 3.05) is 0 Å². The third-order valence-electron chi connectivity index (χ3n) is 0.306. The minimum absolute atomic E-state index is 1.19. The average Bonchev–Trinajstić information content (AvgIpc) is 1.72. The lowest BCUT2D eigenvalue weighted by molar-refractivity contribution is 1.98. The van der Waals surface area contributed by atoms with Crippen LogP contribution in [0.4, 0.5) is 0 Å².